The van der Waals surface area contributed by atoms with Crippen LogP contribution in [-0.4, -0.2) is 11.0 Å². The summed E-state index contributed by atoms with van der Waals surface area (Å²) in [6.07, 6.45) is 2.42. The second-order valence-corrected chi connectivity index (χ2v) is 5.24. The minimum atomic E-state index is 0.472. The summed E-state index contributed by atoms with van der Waals surface area (Å²) in [7, 11) is 0. The minimum absolute atomic E-state index is 0.472. The Balaban J connectivity index is 2.30. The van der Waals surface area contributed by atoms with E-state index in [9.17, 15) is 0 Å². The highest BCUT2D eigenvalue weighted by Gasteiger charge is 2.05. The molecule has 0 aliphatic carbocycles. The Morgan fingerprint density at radius 1 is 1.43 bits per heavy atom. The van der Waals surface area contributed by atoms with Gasteiger partial charge in [-0.3, -0.25) is 0 Å². The molecule has 0 aliphatic heterocycles. The summed E-state index contributed by atoms with van der Waals surface area (Å²) in [4.78, 5) is 4.15. The van der Waals surface area contributed by atoms with Crippen LogP contribution in [0.2, 0.25) is 5.15 Å². The van der Waals surface area contributed by atoms with E-state index in [0.29, 0.717) is 11.2 Å². The SMILES string of the molecule is CC(C)CCC(C)Nc1nc(Cl)cs1. The number of nitrogens with zero attached hydrogens (tertiary/aromatic N) is 1. The molecule has 0 saturated heterocycles. The van der Waals surface area contributed by atoms with Crippen molar-refractivity contribution in [1.82, 2.24) is 4.98 Å². The third-order valence-corrected chi connectivity index (χ3v) is 3.12. The first-order valence-corrected chi connectivity index (χ1v) is 6.21. The Morgan fingerprint density at radius 3 is 2.64 bits per heavy atom. The third kappa shape index (κ3) is 4.29. The first-order chi connectivity index (χ1) is 6.58. The zero-order chi connectivity index (χ0) is 10.6. The van der Waals surface area contributed by atoms with Gasteiger partial charge < -0.3 is 5.32 Å². The Kier molecular flexibility index (Phi) is 4.69. The standard InChI is InChI=1S/C10H17ClN2S/c1-7(2)4-5-8(3)12-10-13-9(11)6-14-10/h6-8H,4-5H2,1-3H3,(H,12,13). The van der Waals surface area contributed by atoms with Crippen molar-refractivity contribution in [3.8, 4) is 0 Å². The van der Waals surface area contributed by atoms with Gasteiger partial charge in [-0.05, 0) is 25.7 Å². The van der Waals surface area contributed by atoms with E-state index in [4.69, 9.17) is 11.6 Å². The lowest BCUT2D eigenvalue weighted by Gasteiger charge is -2.13. The van der Waals surface area contributed by atoms with Crippen molar-refractivity contribution in [2.24, 2.45) is 5.92 Å². The van der Waals surface area contributed by atoms with Gasteiger partial charge in [0.2, 0.25) is 0 Å². The first kappa shape index (κ1) is 11.8. The van der Waals surface area contributed by atoms with Crippen LogP contribution in [0.5, 0.6) is 0 Å². The van der Waals surface area contributed by atoms with Crippen molar-refractivity contribution < 1.29 is 0 Å². The van der Waals surface area contributed by atoms with E-state index in [-0.39, 0.29) is 0 Å². The molecule has 1 N–H and O–H groups in total. The van der Waals surface area contributed by atoms with Crippen molar-refractivity contribution in [3.63, 3.8) is 0 Å². The molecular formula is C10H17ClN2S. The number of anilines is 1. The molecule has 0 saturated carbocycles. The maximum atomic E-state index is 5.73. The second-order valence-electron chi connectivity index (χ2n) is 3.99. The smallest absolute Gasteiger partial charge is 0.184 e. The lowest BCUT2D eigenvalue weighted by Crippen LogP contribution is -2.15. The van der Waals surface area contributed by atoms with E-state index in [2.05, 4.69) is 31.1 Å². The molecule has 0 spiro atoms. The molecule has 1 rings (SSSR count). The lowest BCUT2D eigenvalue weighted by atomic mass is 10.0. The zero-order valence-electron chi connectivity index (χ0n) is 8.88. The second kappa shape index (κ2) is 5.56. The van der Waals surface area contributed by atoms with Crippen LogP contribution in [0.4, 0.5) is 5.13 Å². The fraction of sp³-hybridized carbons (Fsp3) is 0.700. The van der Waals surface area contributed by atoms with Crippen molar-refractivity contribution in [3.05, 3.63) is 10.5 Å². The summed E-state index contributed by atoms with van der Waals surface area (Å²) in [5, 5.41) is 6.69. The normalized spacial score (nSPS) is 13.2. The molecule has 0 amide bonds. The first-order valence-electron chi connectivity index (χ1n) is 4.95. The molecule has 0 aliphatic rings. The van der Waals surface area contributed by atoms with Crippen LogP contribution in [0.1, 0.15) is 33.6 Å². The number of nitrogens with one attached hydrogen (secondary N) is 1. The predicted octanol–water partition coefficient (Wildman–Crippen LogP) is 4.03. The fourth-order valence-electron chi connectivity index (χ4n) is 1.19. The third-order valence-electron chi connectivity index (χ3n) is 2.02. The molecule has 4 heteroatoms. The highest BCUT2D eigenvalue weighted by Crippen LogP contribution is 2.20. The number of thiazole rings is 1. The summed E-state index contributed by atoms with van der Waals surface area (Å²) >= 11 is 7.29. The van der Waals surface area contributed by atoms with Crippen molar-refractivity contribution in [2.75, 3.05) is 5.32 Å². The largest absolute Gasteiger partial charge is 0.359 e. The summed E-state index contributed by atoms with van der Waals surface area (Å²) in [6, 6.07) is 0.472. The van der Waals surface area contributed by atoms with Gasteiger partial charge in [0, 0.05) is 11.4 Å². The molecule has 1 aromatic heterocycles. The van der Waals surface area contributed by atoms with Crippen molar-refractivity contribution in [2.45, 2.75) is 39.7 Å². The highest BCUT2D eigenvalue weighted by molar-refractivity contribution is 7.14. The van der Waals surface area contributed by atoms with E-state index >= 15 is 0 Å². The maximum absolute atomic E-state index is 5.73. The molecule has 0 aromatic carbocycles. The van der Waals surface area contributed by atoms with E-state index in [1.807, 2.05) is 5.38 Å². The number of hydrogen-bond acceptors (Lipinski definition) is 3. The van der Waals surface area contributed by atoms with E-state index in [0.717, 1.165) is 11.0 Å². The van der Waals surface area contributed by atoms with Crippen LogP contribution in [0.25, 0.3) is 0 Å². The van der Waals surface area contributed by atoms with Gasteiger partial charge in [-0.15, -0.1) is 11.3 Å². The van der Waals surface area contributed by atoms with Gasteiger partial charge >= 0.3 is 0 Å². The zero-order valence-corrected chi connectivity index (χ0v) is 10.5. The molecule has 1 unspecified atom stereocenters. The highest BCUT2D eigenvalue weighted by atomic mass is 35.5. The molecule has 80 valence electrons. The molecular weight excluding hydrogens is 216 g/mol. The molecule has 0 bridgehead atoms. The van der Waals surface area contributed by atoms with Gasteiger partial charge in [0.05, 0.1) is 0 Å². The topological polar surface area (TPSA) is 24.9 Å². The van der Waals surface area contributed by atoms with Gasteiger partial charge in [-0.25, -0.2) is 4.98 Å². The average molecular weight is 233 g/mol. The number of aromatic nitrogens is 1. The quantitative estimate of drug-likeness (QED) is 0.829. The lowest BCUT2D eigenvalue weighted by molar-refractivity contribution is 0.527. The van der Waals surface area contributed by atoms with Gasteiger partial charge in [0.15, 0.2) is 5.13 Å². The minimum Gasteiger partial charge on any atom is -0.359 e. The van der Waals surface area contributed by atoms with Crippen LogP contribution in [-0.2, 0) is 0 Å². The Bertz CT molecular complexity index is 273. The number of halogens is 1. The molecule has 14 heavy (non-hydrogen) atoms. The Labute approximate surface area is 94.7 Å². The van der Waals surface area contributed by atoms with Crippen LogP contribution in [0, 0.1) is 5.92 Å². The van der Waals surface area contributed by atoms with Crippen LogP contribution < -0.4 is 5.32 Å². The predicted molar refractivity (Wildman–Crippen MR) is 64.3 cm³/mol. The molecule has 2 nitrogen and oxygen atoms in total. The van der Waals surface area contributed by atoms with Gasteiger partial charge in [0.1, 0.15) is 5.15 Å². The Hall–Kier alpha value is -0.280. The van der Waals surface area contributed by atoms with E-state index in [1.165, 1.54) is 12.8 Å². The monoisotopic (exact) mass is 232 g/mol. The van der Waals surface area contributed by atoms with Crippen LogP contribution in [0.3, 0.4) is 0 Å². The van der Waals surface area contributed by atoms with Gasteiger partial charge in [-0.2, -0.15) is 0 Å². The molecule has 1 atom stereocenters. The van der Waals surface area contributed by atoms with Gasteiger partial charge in [-0.1, -0.05) is 25.4 Å². The molecule has 1 aromatic rings. The van der Waals surface area contributed by atoms with Crippen LogP contribution >= 0.6 is 22.9 Å². The molecule has 0 fully saturated rings. The van der Waals surface area contributed by atoms with Crippen molar-refractivity contribution in [1.29, 1.82) is 0 Å². The van der Waals surface area contributed by atoms with E-state index < -0.39 is 0 Å². The van der Waals surface area contributed by atoms with Crippen molar-refractivity contribution >= 4 is 28.1 Å². The van der Waals surface area contributed by atoms with Crippen LogP contribution in [0.15, 0.2) is 5.38 Å². The van der Waals surface area contributed by atoms with Gasteiger partial charge in [0.25, 0.3) is 0 Å². The number of hydrogen-bond donors (Lipinski definition) is 1. The fourth-order valence-corrected chi connectivity index (χ4v) is 2.14. The maximum Gasteiger partial charge on any atom is 0.184 e. The molecule has 1 heterocycles. The number of rotatable bonds is 5. The summed E-state index contributed by atoms with van der Waals surface area (Å²) in [6.45, 7) is 6.66. The van der Waals surface area contributed by atoms with E-state index in [1.54, 1.807) is 11.3 Å². The Morgan fingerprint density at radius 2 is 2.14 bits per heavy atom. The summed E-state index contributed by atoms with van der Waals surface area (Å²) in [5.41, 5.74) is 0. The molecule has 0 radical (unpaired) electrons. The summed E-state index contributed by atoms with van der Waals surface area (Å²) in [5.74, 6) is 0.763. The average Bonchev–Trinajstić information content (AvgIpc) is 2.48. The summed E-state index contributed by atoms with van der Waals surface area (Å²) < 4.78 is 0.